The van der Waals surface area contributed by atoms with Crippen molar-refractivity contribution >= 4 is 27.7 Å². The van der Waals surface area contributed by atoms with Crippen molar-refractivity contribution in [1.82, 2.24) is 14.5 Å². The van der Waals surface area contributed by atoms with Gasteiger partial charge in [-0.3, -0.25) is 9.59 Å². The summed E-state index contributed by atoms with van der Waals surface area (Å²) < 4.78 is 42.5. The SMILES string of the molecule is CC[C@@H](C(=O)NC(C)C)N(Cc1ccc(C)cc1)C(=O)CN(c1ccccc1F)S(=O)(=O)N(C)C. The molecule has 0 aromatic heterocycles. The monoisotopic (exact) mass is 506 g/mol. The number of rotatable bonds is 11. The molecule has 1 N–H and O–H groups in total. The summed E-state index contributed by atoms with van der Waals surface area (Å²) in [4.78, 5) is 28.0. The van der Waals surface area contributed by atoms with Crippen LogP contribution in [0, 0.1) is 12.7 Å². The van der Waals surface area contributed by atoms with E-state index >= 15 is 0 Å². The number of aryl methyl sites for hydroxylation is 1. The van der Waals surface area contributed by atoms with E-state index in [2.05, 4.69) is 5.32 Å². The topological polar surface area (TPSA) is 90.0 Å². The third kappa shape index (κ3) is 7.25. The first-order valence-electron chi connectivity index (χ1n) is 11.5. The Morgan fingerprint density at radius 3 is 2.14 bits per heavy atom. The fourth-order valence-corrected chi connectivity index (χ4v) is 4.61. The van der Waals surface area contributed by atoms with Crippen molar-refractivity contribution in [1.29, 1.82) is 0 Å². The van der Waals surface area contributed by atoms with E-state index in [1.807, 2.05) is 45.0 Å². The minimum absolute atomic E-state index is 0.0935. The average molecular weight is 507 g/mol. The third-order valence-corrected chi connectivity index (χ3v) is 7.24. The Bertz CT molecular complexity index is 1120. The molecule has 0 fully saturated rings. The number of anilines is 1. The van der Waals surface area contributed by atoms with Crippen LogP contribution in [0.15, 0.2) is 48.5 Å². The maximum atomic E-state index is 14.7. The van der Waals surface area contributed by atoms with E-state index in [4.69, 9.17) is 0 Å². The lowest BCUT2D eigenvalue weighted by molar-refractivity contribution is -0.140. The van der Waals surface area contributed by atoms with Crippen molar-refractivity contribution in [2.75, 3.05) is 24.9 Å². The third-order valence-electron chi connectivity index (χ3n) is 5.43. The molecule has 0 aliphatic carbocycles. The Morgan fingerprint density at radius 1 is 1.03 bits per heavy atom. The second-order valence-corrected chi connectivity index (χ2v) is 10.9. The molecular weight excluding hydrogens is 471 g/mol. The lowest BCUT2D eigenvalue weighted by Gasteiger charge is -2.34. The molecule has 0 saturated heterocycles. The first-order valence-corrected chi connectivity index (χ1v) is 12.9. The summed E-state index contributed by atoms with van der Waals surface area (Å²) in [5.74, 6) is -1.73. The minimum Gasteiger partial charge on any atom is -0.352 e. The molecule has 0 spiro atoms. The van der Waals surface area contributed by atoms with Crippen molar-refractivity contribution in [3.8, 4) is 0 Å². The van der Waals surface area contributed by atoms with E-state index in [9.17, 15) is 22.4 Å². The van der Waals surface area contributed by atoms with Crippen LogP contribution in [0.25, 0.3) is 0 Å². The van der Waals surface area contributed by atoms with E-state index in [0.29, 0.717) is 6.42 Å². The second-order valence-electron chi connectivity index (χ2n) is 8.84. The van der Waals surface area contributed by atoms with Crippen molar-refractivity contribution in [3.05, 3.63) is 65.5 Å². The van der Waals surface area contributed by atoms with E-state index < -0.39 is 34.5 Å². The molecule has 2 aromatic rings. The number of benzene rings is 2. The highest BCUT2D eigenvalue weighted by Crippen LogP contribution is 2.24. The van der Waals surface area contributed by atoms with Gasteiger partial charge in [0.2, 0.25) is 11.8 Å². The van der Waals surface area contributed by atoms with Crippen LogP contribution < -0.4 is 9.62 Å². The van der Waals surface area contributed by atoms with E-state index in [1.165, 1.54) is 37.2 Å². The predicted molar refractivity (Wildman–Crippen MR) is 135 cm³/mol. The Labute approximate surface area is 207 Å². The summed E-state index contributed by atoms with van der Waals surface area (Å²) in [5.41, 5.74) is 1.58. The van der Waals surface area contributed by atoms with Crippen LogP contribution in [-0.4, -0.2) is 62.2 Å². The number of halogens is 1. The molecule has 0 saturated carbocycles. The largest absolute Gasteiger partial charge is 0.352 e. The first-order chi connectivity index (χ1) is 16.4. The Morgan fingerprint density at radius 2 is 1.63 bits per heavy atom. The van der Waals surface area contributed by atoms with Crippen molar-refractivity contribution in [3.63, 3.8) is 0 Å². The van der Waals surface area contributed by atoms with Crippen LogP contribution >= 0.6 is 0 Å². The van der Waals surface area contributed by atoms with Crippen LogP contribution in [0.4, 0.5) is 10.1 Å². The first kappa shape index (κ1) is 28.3. The Hall–Kier alpha value is -2.98. The number of nitrogens with zero attached hydrogens (tertiary/aromatic N) is 3. The minimum atomic E-state index is -4.21. The van der Waals surface area contributed by atoms with Crippen molar-refractivity contribution in [2.45, 2.75) is 52.7 Å². The molecular formula is C25H35FN4O4S. The molecule has 0 bridgehead atoms. The molecule has 0 unspecified atom stereocenters. The summed E-state index contributed by atoms with van der Waals surface area (Å²) in [6, 6.07) is 11.9. The summed E-state index contributed by atoms with van der Waals surface area (Å²) in [5, 5.41) is 2.83. The van der Waals surface area contributed by atoms with Gasteiger partial charge >= 0.3 is 10.2 Å². The molecule has 0 aliphatic rings. The van der Waals surface area contributed by atoms with Crippen LogP contribution in [0.1, 0.15) is 38.3 Å². The molecule has 2 rings (SSSR count). The van der Waals surface area contributed by atoms with Gasteiger partial charge in [0.25, 0.3) is 0 Å². The lowest BCUT2D eigenvalue weighted by atomic mass is 10.1. The number of para-hydroxylation sites is 1. The summed E-state index contributed by atoms with van der Waals surface area (Å²) >= 11 is 0. The molecule has 35 heavy (non-hydrogen) atoms. The molecule has 1 atom stereocenters. The summed E-state index contributed by atoms with van der Waals surface area (Å²) in [6.45, 7) is 6.79. The van der Waals surface area contributed by atoms with Gasteiger partial charge < -0.3 is 10.2 Å². The molecule has 192 valence electrons. The number of carbonyl (C=O) groups excluding carboxylic acids is 2. The smallest absolute Gasteiger partial charge is 0.304 e. The second kappa shape index (κ2) is 12.1. The highest BCUT2D eigenvalue weighted by molar-refractivity contribution is 7.90. The van der Waals surface area contributed by atoms with Gasteiger partial charge in [-0.2, -0.15) is 12.7 Å². The quantitative estimate of drug-likeness (QED) is 0.507. The van der Waals surface area contributed by atoms with E-state index in [1.54, 1.807) is 6.92 Å². The zero-order valence-corrected chi connectivity index (χ0v) is 22.0. The van der Waals surface area contributed by atoms with Gasteiger partial charge in [-0.25, -0.2) is 8.70 Å². The Balaban J connectivity index is 2.51. The van der Waals surface area contributed by atoms with Gasteiger partial charge in [0.15, 0.2) is 0 Å². The lowest BCUT2D eigenvalue weighted by Crippen LogP contribution is -2.54. The van der Waals surface area contributed by atoms with Crippen LogP contribution in [0.5, 0.6) is 0 Å². The van der Waals surface area contributed by atoms with Gasteiger partial charge in [0.1, 0.15) is 18.4 Å². The Kier molecular flexibility index (Phi) is 9.79. The maximum absolute atomic E-state index is 14.7. The summed E-state index contributed by atoms with van der Waals surface area (Å²) in [7, 11) is -1.60. The highest BCUT2D eigenvalue weighted by atomic mass is 32.2. The van der Waals surface area contributed by atoms with Crippen molar-refractivity contribution < 1.29 is 22.4 Å². The van der Waals surface area contributed by atoms with E-state index in [0.717, 1.165) is 25.8 Å². The number of hydrogen-bond donors (Lipinski definition) is 1. The number of carbonyl (C=O) groups is 2. The maximum Gasteiger partial charge on any atom is 0.304 e. The molecule has 0 heterocycles. The van der Waals surface area contributed by atoms with Gasteiger partial charge in [-0.15, -0.1) is 0 Å². The molecule has 8 nitrogen and oxygen atoms in total. The van der Waals surface area contributed by atoms with Gasteiger partial charge in [0.05, 0.1) is 5.69 Å². The van der Waals surface area contributed by atoms with Gasteiger partial charge in [-0.05, 0) is 44.9 Å². The number of nitrogens with one attached hydrogen (secondary N) is 1. The van der Waals surface area contributed by atoms with Crippen molar-refractivity contribution in [2.24, 2.45) is 0 Å². The average Bonchev–Trinajstić information content (AvgIpc) is 2.78. The zero-order valence-electron chi connectivity index (χ0n) is 21.2. The normalized spacial score (nSPS) is 12.5. The van der Waals surface area contributed by atoms with Crippen LogP contribution in [0.3, 0.4) is 0 Å². The molecule has 0 radical (unpaired) electrons. The predicted octanol–water partition coefficient (Wildman–Crippen LogP) is 3.08. The molecule has 2 aromatic carbocycles. The fraction of sp³-hybridized carbons (Fsp3) is 0.440. The molecule has 2 amide bonds. The van der Waals surface area contributed by atoms with E-state index in [-0.39, 0.29) is 24.2 Å². The number of amides is 2. The number of hydrogen-bond acceptors (Lipinski definition) is 4. The standard InChI is InChI=1S/C25H35FN4O4S/c1-7-22(25(32)27-18(2)3)29(16-20-14-12-19(4)13-15-20)24(31)17-30(35(33,34)28(5)6)23-11-9-8-10-21(23)26/h8-15,18,22H,7,16-17H2,1-6H3,(H,27,32)/t22-/m0/s1. The van der Waals surface area contributed by atoms with Gasteiger partial charge in [0, 0.05) is 26.7 Å². The molecule has 10 heteroatoms. The van der Waals surface area contributed by atoms with Crippen LogP contribution in [0.2, 0.25) is 0 Å². The highest BCUT2D eigenvalue weighted by Gasteiger charge is 2.34. The zero-order chi connectivity index (χ0) is 26.3. The summed E-state index contributed by atoms with van der Waals surface area (Å²) in [6.07, 6.45) is 0.316. The van der Waals surface area contributed by atoms with Crippen LogP contribution in [-0.2, 0) is 26.3 Å². The fourth-order valence-electron chi connectivity index (χ4n) is 3.55. The molecule has 0 aliphatic heterocycles. The van der Waals surface area contributed by atoms with Gasteiger partial charge in [-0.1, -0.05) is 48.9 Å².